The van der Waals surface area contributed by atoms with Gasteiger partial charge in [-0.3, -0.25) is 0 Å². The molecule has 0 aromatic rings. The molecule has 0 heterocycles. The Kier molecular flexibility index (Phi) is 8.20. The smallest absolute Gasteiger partial charge is 0.0569 e. The van der Waals surface area contributed by atoms with E-state index in [1.807, 2.05) is 0 Å². The maximum absolute atomic E-state index is 9.81. The van der Waals surface area contributed by atoms with Gasteiger partial charge in [0.1, 0.15) is 0 Å². The van der Waals surface area contributed by atoms with Gasteiger partial charge in [-0.1, -0.05) is 40.0 Å². The molecule has 2 nitrogen and oxygen atoms in total. The van der Waals surface area contributed by atoms with Crippen LogP contribution in [0.2, 0.25) is 0 Å². The lowest BCUT2D eigenvalue weighted by molar-refractivity contribution is 0.0474. The first-order valence-electron chi connectivity index (χ1n) is 5.96. The Hall–Kier alpha value is -0.0800. The van der Waals surface area contributed by atoms with E-state index in [-0.39, 0.29) is 24.5 Å². The van der Waals surface area contributed by atoms with E-state index in [9.17, 15) is 10.2 Å². The van der Waals surface area contributed by atoms with Crippen molar-refractivity contribution in [2.75, 3.05) is 6.61 Å². The molecule has 86 valence electrons. The van der Waals surface area contributed by atoms with Crippen molar-refractivity contribution in [1.82, 2.24) is 0 Å². The molecule has 0 amide bonds. The average Bonchev–Trinajstić information content (AvgIpc) is 2.19. The highest BCUT2D eigenvalue weighted by Crippen LogP contribution is 2.23. The van der Waals surface area contributed by atoms with E-state index < -0.39 is 0 Å². The largest absolute Gasteiger partial charge is 0.396 e. The van der Waals surface area contributed by atoms with Crippen molar-refractivity contribution < 1.29 is 10.2 Å². The maximum Gasteiger partial charge on any atom is 0.0569 e. The average molecular weight is 202 g/mol. The minimum absolute atomic E-state index is 0.210. The molecule has 0 saturated carbocycles. The van der Waals surface area contributed by atoms with Gasteiger partial charge in [-0.25, -0.2) is 0 Å². The van der Waals surface area contributed by atoms with Crippen LogP contribution in [-0.4, -0.2) is 22.9 Å². The summed E-state index contributed by atoms with van der Waals surface area (Å²) in [6, 6.07) is 0. The number of aliphatic hydroxyl groups is 2. The first-order chi connectivity index (χ1) is 6.67. The minimum atomic E-state index is -0.242. The van der Waals surface area contributed by atoms with Crippen molar-refractivity contribution in [2.45, 2.75) is 59.0 Å². The fraction of sp³-hybridized carbons (Fsp3) is 1.00. The first-order valence-corrected chi connectivity index (χ1v) is 5.96. The zero-order valence-corrected chi connectivity index (χ0v) is 9.87. The zero-order valence-electron chi connectivity index (χ0n) is 9.87. The van der Waals surface area contributed by atoms with E-state index in [0.29, 0.717) is 0 Å². The highest BCUT2D eigenvalue weighted by Gasteiger charge is 2.22. The first kappa shape index (κ1) is 13.9. The van der Waals surface area contributed by atoms with Gasteiger partial charge in [-0.2, -0.15) is 0 Å². The normalized spacial score (nSPS) is 17.8. The Morgan fingerprint density at radius 1 is 1.07 bits per heavy atom. The summed E-state index contributed by atoms with van der Waals surface area (Å²) in [5.41, 5.74) is 0. The molecule has 0 aliphatic rings. The molecule has 14 heavy (non-hydrogen) atoms. The molecule has 2 heteroatoms. The lowest BCUT2D eigenvalue weighted by atomic mass is 9.84. The van der Waals surface area contributed by atoms with E-state index in [2.05, 4.69) is 20.8 Å². The van der Waals surface area contributed by atoms with Crippen LogP contribution in [0.5, 0.6) is 0 Å². The predicted molar refractivity (Wildman–Crippen MR) is 60.2 cm³/mol. The summed E-state index contributed by atoms with van der Waals surface area (Å²) in [4.78, 5) is 0. The molecule has 3 unspecified atom stereocenters. The molecule has 2 N–H and O–H groups in total. The molecule has 0 aliphatic carbocycles. The van der Waals surface area contributed by atoms with Crippen LogP contribution in [0.15, 0.2) is 0 Å². The highest BCUT2D eigenvalue weighted by molar-refractivity contribution is 4.72. The van der Waals surface area contributed by atoms with E-state index in [1.54, 1.807) is 0 Å². The Bertz CT molecular complexity index is 125. The topological polar surface area (TPSA) is 40.5 Å². The van der Waals surface area contributed by atoms with Gasteiger partial charge in [0.2, 0.25) is 0 Å². The van der Waals surface area contributed by atoms with Crippen molar-refractivity contribution in [3.05, 3.63) is 0 Å². The van der Waals surface area contributed by atoms with Crippen LogP contribution in [0.1, 0.15) is 52.9 Å². The van der Waals surface area contributed by atoms with Crippen LogP contribution in [0.4, 0.5) is 0 Å². The second kappa shape index (κ2) is 8.25. The van der Waals surface area contributed by atoms with Crippen LogP contribution in [0.3, 0.4) is 0 Å². The minimum Gasteiger partial charge on any atom is -0.396 e. The molecule has 0 aromatic heterocycles. The van der Waals surface area contributed by atoms with Gasteiger partial charge in [0.15, 0.2) is 0 Å². The van der Waals surface area contributed by atoms with Crippen LogP contribution in [0.25, 0.3) is 0 Å². The van der Waals surface area contributed by atoms with E-state index in [1.165, 1.54) is 0 Å². The third-order valence-corrected chi connectivity index (χ3v) is 3.10. The number of rotatable bonds is 8. The maximum atomic E-state index is 9.81. The highest BCUT2D eigenvalue weighted by atomic mass is 16.3. The summed E-state index contributed by atoms with van der Waals surface area (Å²) >= 11 is 0. The predicted octanol–water partition coefficient (Wildman–Crippen LogP) is 2.58. The summed E-state index contributed by atoms with van der Waals surface area (Å²) < 4.78 is 0. The van der Waals surface area contributed by atoms with E-state index >= 15 is 0 Å². The lowest BCUT2D eigenvalue weighted by Gasteiger charge is -2.26. The molecular weight excluding hydrogens is 176 g/mol. The fourth-order valence-electron chi connectivity index (χ4n) is 1.86. The van der Waals surface area contributed by atoms with Gasteiger partial charge >= 0.3 is 0 Å². The van der Waals surface area contributed by atoms with Crippen LogP contribution in [0, 0.1) is 11.8 Å². The number of unbranched alkanes of at least 4 members (excludes halogenated alkanes) is 1. The molecule has 3 atom stereocenters. The second-order valence-corrected chi connectivity index (χ2v) is 4.30. The van der Waals surface area contributed by atoms with Gasteiger partial charge in [0.25, 0.3) is 0 Å². The van der Waals surface area contributed by atoms with E-state index in [0.717, 1.165) is 32.1 Å². The molecule has 0 rings (SSSR count). The Balaban J connectivity index is 3.94. The number of hydrogen-bond acceptors (Lipinski definition) is 2. The monoisotopic (exact) mass is 202 g/mol. The van der Waals surface area contributed by atoms with Crippen molar-refractivity contribution >= 4 is 0 Å². The fourth-order valence-corrected chi connectivity index (χ4v) is 1.86. The third-order valence-electron chi connectivity index (χ3n) is 3.10. The molecular formula is C12H26O2. The lowest BCUT2D eigenvalue weighted by Crippen LogP contribution is -2.27. The van der Waals surface area contributed by atoms with Crippen LogP contribution >= 0.6 is 0 Å². The molecule has 0 aliphatic heterocycles. The van der Waals surface area contributed by atoms with Crippen molar-refractivity contribution in [1.29, 1.82) is 0 Å². The molecule has 0 bridgehead atoms. The summed E-state index contributed by atoms with van der Waals surface area (Å²) in [5.74, 6) is 0.503. The van der Waals surface area contributed by atoms with Gasteiger partial charge in [-0.15, -0.1) is 0 Å². The van der Waals surface area contributed by atoms with E-state index in [4.69, 9.17) is 0 Å². The van der Waals surface area contributed by atoms with Crippen molar-refractivity contribution in [2.24, 2.45) is 11.8 Å². The van der Waals surface area contributed by atoms with Crippen LogP contribution < -0.4 is 0 Å². The van der Waals surface area contributed by atoms with Crippen molar-refractivity contribution in [3.63, 3.8) is 0 Å². The molecule has 0 aromatic carbocycles. The SMILES string of the molecule is CCCCC(CO)C(C)C(O)CCC. The van der Waals surface area contributed by atoms with Crippen LogP contribution in [-0.2, 0) is 0 Å². The Labute approximate surface area is 88.3 Å². The quantitative estimate of drug-likeness (QED) is 0.635. The van der Waals surface area contributed by atoms with Gasteiger partial charge in [0, 0.05) is 6.61 Å². The molecule has 0 saturated heterocycles. The third kappa shape index (κ3) is 4.97. The number of aliphatic hydroxyl groups excluding tert-OH is 2. The molecule has 0 spiro atoms. The molecule has 0 fully saturated rings. The summed E-state index contributed by atoms with van der Waals surface area (Å²) in [6.45, 7) is 6.50. The van der Waals surface area contributed by atoms with Gasteiger partial charge in [-0.05, 0) is 24.7 Å². The molecule has 0 radical (unpaired) electrons. The zero-order chi connectivity index (χ0) is 11.0. The van der Waals surface area contributed by atoms with Crippen molar-refractivity contribution in [3.8, 4) is 0 Å². The van der Waals surface area contributed by atoms with Gasteiger partial charge in [0.05, 0.1) is 6.10 Å². The number of hydrogen-bond donors (Lipinski definition) is 2. The summed E-state index contributed by atoms with van der Waals surface area (Å²) in [6.07, 6.45) is 4.96. The summed E-state index contributed by atoms with van der Waals surface area (Å²) in [5, 5.41) is 19.0. The van der Waals surface area contributed by atoms with Gasteiger partial charge < -0.3 is 10.2 Å². The second-order valence-electron chi connectivity index (χ2n) is 4.30. The standard InChI is InChI=1S/C12H26O2/c1-4-6-8-11(9-13)10(3)12(14)7-5-2/h10-14H,4-9H2,1-3H3. The Morgan fingerprint density at radius 2 is 1.71 bits per heavy atom. The Morgan fingerprint density at radius 3 is 2.14 bits per heavy atom. The summed E-state index contributed by atoms with van der Waals surface area (Å²) in [7, 11) is 0.